The zero-order chi connectivity index (χ0) is 23.3. The molecule has 2 N–H and O–H groups in total. The molecule has 0 radical (unpaired) electrons. The molecule has 0 unspecified atom stereocenters. The first-order valence-corrected chi connectivity index (χ1v) is 13.0. The molecule has 0 aromatic heterocycles. The number of piperazine rings is 1. The lowest BCUT2D eigenvalue weighted by Gasteiger charge is -2.35. The lowest BCUT2D eigenvalue weighted by atomic mass is 10.2. The van der Waals surface area contributed by atoms with Crippen LogP contribution >= 0.6 is 0 Å². The van der Waals surface area contributed by atoms with Gasteiger partial charge in [-0.15, -0.1) is 0 Å². The number of rotatable bonds is 8. The molecule has 33 heavy (non-hydrogen) atoms. The average molecular weight is 473 g/mol. The van der Waals surface area contributed by atoms with Crippen LogP contribution in [0.25, 0.3) is 0 Å². The third-order valence-electron chi connectivity index (χ3n) is 6.24. The molecule has 2 heterocycles. The fraction of sp³-hybridized carbons (Fsp3) is 0.458. The Morgan fingerprint density at radius 2 is 1.85 bits per heavy atom. The van der Waals surface area contributed by atoms with Crippen LogP contribution in [0.1, 0.15) is 30.1 Å². The van der Waals surface area contributed by atoms with Crippen molar-refractivity contribution in [2.24, 2.45) is 0 Å². The minimum absolute atomic E-state index is 0.0646. The van der Waals surface area contributed by atoms with E-state index in [9.17, 15) is 13.2 Å². The van der Waals surface area contributed by atoms with Crippen molar-refractivity contribution in [1.82, 2.24) is 9.62 Å². The van der Waals surface area contributed by atoms with Crippen LogP contribution in [0, 0.1) is 0 Å². The molecule has 2 aliphatic rings. The largest absolute Gasteiger partial charge is 0.377 e. The van der Waals surface area contributed by atoms with Crippen LogP contribution in [0.2, 0.25) is 0 Å². The van der Waals surface area contributed by atoms with E-state index in [0.717, 1.165) is 51.3 Å². The minimum atomic E-state index is -3.72. The number of carbonyl (C=O) groups is 1. The van der Waals surface area contributed by atoms with E-state index in [1.54, 1.807) is 12.1 Å². The number of benzene rings is 2. The normalized spacial score (nSPS) is 19.5. The fourth-order valence-corrected chi connectivity index (χ4v) is 5.29. The summed E-state index contributed by atoms with van der Waals surface area (Å²) in [6, 6.07) is 13.8. The second-order valence-corrected chi connectivity index (χ2v) is 10.2. The SMILES string of the molecule is CCN1CCN(c2ccc(NC(=O)c3cccc(S(=O)(=O)NC[C@@H]4CCCO4)c3)cc2)CC1. The molecule has 4 rings (SSSR count). The van der Waals surface area contributed by atoms with Crippen molar-refractivity contribution in [3.63, 3.8) is 0 Å². The minimum Gasteiger partial charge on any atom is -0.377 e. The zero-order valence-corrected chi connectivity index (χ0v) is 19.8. The Hall–Kier alpha value is -2.46. The Bertz CT molecular complexity index is 1040. The van der Waals surface area contributed by atoms with Gasteiger partial charge in [0.05, 0.1) is 11.0 Å². The van der Waals surface area contributed by atoms with Gasteiger partial charge in [0, 0.05) is 56.3 Å². The summed E-state index contributed by atoms with van der Waals surface area (Å²) in [7, 11) is -3.72. The molecule has 2 aliphatic heterocycles. The molecule has 1 amide bonds. The summed E-state index contributed by atoms with van der Waals surface area (Å²) in [5, 5.41) is 2.86. The highest BCUT2D eigenvalue weighted by molar-refractivity contribution is 7.89. The lowest BCUT2D eigenvalue weighted by molar-refractivity contribution is 0.102. The van der Waals surface area contributed by atoms with Crippen LogP contribution in [-0.2, 0) is 14.8 Å². The predicted molar refractivity (Wildman–Crippen MR) is 129 cm³/mol. The molecule has 0 bridgehead atoms. The van der Waals surface area contributed by atoms with E-state index in [4.69, 9.17) is 4.74 Å². The van der Waals surface area contributed by atoms with Gasteiger partial charge < -0.3 is 19.9 Å². The third-order valence-corrected chi connectivity index (χ3v) is 7.66. The highest BCUT2D eigenvalue weighted by atomic mass is 32.2. The number of hydrogen-bond donors (Lipinski definition) is 2. The highest BCUT2D eigenvalue weighted by Gasteiger charge is 2.21. The van der Waals surface area contributed by atoms with Crippen LogP contribution in [0.4, 0.5) is 11.4 Å². The molecule has 0 aliphatic carbocycles. The van der Waals surface area contributed by atoms with Crippen molar-refractivity contribution in [3.05, 3.63) is 54.1 Å². The summed E-state index contributed by atoms with van der Waals surface area (Å²) in [6.45, 7) is 8.24. The van der Waals surface area contributed by atoms with Crippen LogP contribution in [-0.4, -0.2) is 71.2 Å². The zero-order valence-electron chi connectivity index (χ0n) is 19.0. The quantitative estimate of drug-likeness (QED) is 0.614. The van der Waals surface area contributed by atoms with Crippen LogP contribution in [0.5, 0.6) is 0 Å². The van der Waals surface area contributed by atoms with Gasteiger partial charge in [-0.25, -0.2) is 13.1 Å². The number of nitrogens with one attached hydrogen (secondary N) is 2. The Balaban J connectivity index is 1.36. The van der Waals surface area contributed by atoms with Crippen molar-refractivity contribution in [1.29, 1.82) is 0 Å². The maximum absolute atomic E-state index is 12.8. The van der Waals surface area contributed by atoms with Gasteiger partial charge in [0.1, 0.15) is 0 Å². The monoisotopic (exact) mass is 472 g/mol. The average Bonchev–Trinajstić information content (AvgIpc) is 3.37. The molecular weight excluding hydrogens is 440 g/mol. The summed E-state index contributed by atoms with van der Waals surface area (Å²) < 4.78 is 33.3. The Kier molecular flexibility index (Phi) is 7.64. The van der Waals surface area contributed by atoms with Gasteiger partial charge in [-0.05, 0) is 61.9 Å². The molecule has 2 saturated heterocycles. The second-order valence-electron chi connectivity index (χ2n) is 8.44. The van der Waals surface area contributed by atoms with Crippen LogP contribution in [0.15, 0.2) is 53.4 Å². The number of anilines is 2. The number of hydrogen-bond acceptors (Lipinski definition) is 6. The van der Waals surface area contributed by atoms with Crippen molar-refractivity contribution in [2.45, 2.75) is 30.8 Å². The van der Waals surface area contributed by atoms with Gasteiger partial charge >= 0.3 is 0 Å². The number of sulfonamides is 1. The third kappa shape index (κ3) is 6.11. The molecule has 2 aromatic carbocycles. The van der Waals surface area contributed by atoms with Gasteiger partial charge in [-0.1, -0.05) is 13.0 Å². The first-order chi connectivity index (χ1) is 15.9. The van der Waals surface area contributed by atoms with Crippen molar-refractivity contribution < 1.29 is 17.9 Å². The summed E-state index contributed by atoms with van der Waals surface area (Å²) in [6.07, 6.45) is 1.70. The van der Waals surface area contributed by atoms with Crippen LogP contribution < -0.4 is 14.9 Å². The summed E-state index contributed by atoms with van der Waals surface area (Å²) in [4.78, 5) is 17.6. The van der Waals surface area contributed by atoms with E-state index in [1.807, 2.05) is 24.3 Å². The molecule has 178 valence electrons. The Morgan fingerprint density at radius 1 is 1.09 bits per heavy atom. The topological polar surface area (TPSA) is 91.0 Å². The first kappa shape index (κ1) is 23.7. The molecule has 8 nitrogen and oxygen atoms in total. The van der Waals surface area contributed by atoms with E-state index in [2.05, 4.69) is 26.8 Å². The molecule has 0 spiro atoms. The van der Waals surface area contributed by atoms with Crippen molar-refractivity contribution >= 4 is 27.3 Å². The second kappa shape index (κ2) is 10.6. The fourth-order valence-electron chi connectivity index (χ4n) is 4.18. The molecular formula is C24H32N4O4S. The number of nitrogens with zero attached hydrogens (tertiary/aromatic N) is 2. The van der Waals surface area contributed by atoms with Gasteiger partial charge in [-0.2, -0.15) is 0 Å². The van der Waals surface area contributed by atoms with Crippen LogP contribution in [0.3, 0.4) is 0 Å². The highest BCUT2D eigenvalue weighted by Crippen LogP contribution is 2.21. The van der Waals surface area contributed by atoms with Crippen molar-refractivity contribution in [3.8, 4) is 0 Å². The maximum atomic E-state index is 12.8. The first-order valence-electron chi connectivity index (χ1n) is 11.5. The van der Waals surface area contributed by atoms with E-state index in [-0.39, 0.29) is 29.0 Å². The summed E-state index contributed by atoms with van der Waals surface area (Å²) in [5.41, 5.74) is 2.09. The molecule has 0 saturated carbocycles. The maximum Gasteiger partial charge on any atom is 0.255 e. The standard InChI is InChI=1S/C24H32N4O4S/c1-2-27-12-14-28(15-13-27)21-10-8-20(9-11-21)26-24(29)19-5-3-7-23(17-19)33(30,31)25-18-22-6-4-16-32-22/h3,5,7-11,17,22,25H,2,4,6,12-16,18H2,1H3,(H,26,29)/t22-/m0/s1. The molecule has 1 atom stereocenters. The van der Waals surface area contributed by atoms with Gasteiger partial charge in [0.15, 0.2) is 0 Å². The molecule has 2 aromatic rings. The van der Waals surface area contributed by atoms with Gasteiger partial charge in [0.25, 0.3) is 5.91 Å². The summed E-state index contributed by atoms with van der Waals surface area (Å²) >= 11 is 0. The van der Waals surface area contributed by atoms with E-state index in [1.165, 1.54) is 12.1 Å². The number of ether oxygens (including phenoxy) is 1. The number of amides is 1. The number of carbonyl (C=O) groups excluding carboxylic acids is 1. The smallest absolute Gasteiger partial charge is 0.255 e. The van der Waals surface area contributed by atoms with Crippen molar-refractivity contribution in [2.75, 3.05) is 56.1 Å². The summed E-state index contributed by atoms with van der Waals surface area (Å²) in [5.74, 6) is -0.351. The van der Waals surface area contributed by atoms with E-state index < -0.39 is 10.0 Å². The number of likely N-dealkylation sites (N-methyl/N-ethyl adjacent to an activating group) is 1. The Morgan fingerprint density at radius 3 is 2.52 bits per heavy atom. The molecule has 2 fully saturated rings. The lowest BCUT2D eigenvalue weighted by Crippen LogP contribution is -2.46. The molecule has 9 heteroatoms. The Labute approximate surface area is 196 Å². The van der Waals surface area contributed by atoms with Gasteiger partial charge in [-0.3, -0.25) is 4.79 Å². The predicted octanol–water partition coefficient (Wildman–Crippen LogP) is 2.54. The van der Waals surface area contributed by atoms with Gasteiger partial charge in [0.2, 0.25) is 10.0 Å². The van der Waals surface area contributed by atoms with E-state index in [0.29, 0.717) is 12.3 Å². The van der Waals surface area contributed by atoms with E-state index >= 15 is 0 Å².